The summed E-state index contributed by atoms with van der Waals surface area (Å²) in [6, 6.07) is -1.78. The normalized spacial score (nSPS) is 24.6. The number of likely N-dealkylation sites (tertiary alicyclic amines) is 1. The molecule has 1 aliphatic rings. The van der Waals surface area contributed by atoms with Crippen LogP contribution in [-0.2, 0) is 0 Å². The van der Waals surface area contributed by atoms with Crippen molar-refractivity contribution in [3.63, 3.8) is 0 Å². The fourth-order valence-corrected chi connectivity index (χ4v) is 0.957. The Morgan fingerprint density at radius 1 is 1.55 bits per heavy atom. The Hall–Kier alpha value is -0.940. The molecule has 1 amide bonds. The second-order valence-corrected chi connectivity index (χ2v) is 2.32. The van der Waals surface area contributed by atoms with E-state index in [1.807, 2.05) is 0 Å². The molecule has 0 aromatic heterocycles. The molecule has 1 saturated heterocycles. The van der Waals surface area contributed by atoms with Crippen molar-refractivity contribution >= 4 is 6.09 Å². The number of hydrogen-bond donors (Lipinski definition) is 1. The van der Waals surface area contributed by atoms with Crippen LogP contribution in [0.2, 0.25) is 0 Å². The minimum atomic E-state index is -4.41. The van der Waals surface area contributed by atoms with Crippen molar-refractivity contribution in [1.29, 1.82) is 0 Å². The number of amides is 1. The van der Waals surface area contributed by atoms with Gasteiger partial charge < -0.3 is 5.11 Å². The number of rotatable bonds is 0. The number of hydrogen-bond acceptors (Lipinski definition) is 1. The van der Waals surface area contributed by atoms with Gasteiger partial charge in [0.1, 0.15) is 6.04 Å². The monoisotopic (exact) mass is 169 g/mol. The van der Waals surface area contributed by atoms with Crippen LogP contribution in [0.15, 0.2) is 0 Å². The maximum Gasteiger partial charge on any atom is 0.409 e. The molecule has 6 heteroatoms. The Bertz CT molecular complexity index is 179. The molecule has 0 bridgehead atoms. The zero-order chi connectivity index (χ0) is 8.65. The lowest BCUT2D eigenvalue weighted by Gasteiger charge is -2.39. The Morgan fingerprint density at radius 3 is 2.18 bits per heavy atom. The molecular formula is C5H6F3NO2. The molecule has 3 nitrogen and oxygen atoms in total. The van der Waals surface area contributed by atoms with E-state index in [2.05, 4.69) is 0 Å². The molecule has 1 N–H and O–H groups in total. The van der Waals surface area contributed by atoms with Crippen LogP contribution >= 0.6 is 0 Å². The largest absolute Gasteiger partial charge is 0.465 e. The standard InChI is InChI=1S/C5H6F3NO2/c6-5(7,8)3-1-2-9(3)4(10)11/h3H,1-2H2,(H,10,11). The van der Waals surface area contributed by atoms with Crippen molar-refractivity contribution in [3.05, 3.63) is 0 Å². The summed E-state index contributed by atoms with van der Waals surface area (Å²) in [5, 5.41) is 8.19. The number of alkyl halides is 3. The summed E-state index contributed by atoms with van der Waals surface area (Å²) in [4.78, 5) is 10.5. The van der Waals surface area contributed by atoms with Crippen molar-refractivity contribution in [3.8, 4) is 0 Å². The summed E-state index contributed by atoms with van der Waals surface area (Å²) in [6.07, 6.45) is -6.02. The van der Waals surface area contributed by atoms with Crippen molar-refractivity contribution < 1.29 is 23.1 Å². The molecule has 1 unspecified atom stereocenters. The van der Waals surface area contributed by atoms with Crippen LogP contribution in [0.25, 0.3) is 0 Å². The predicted octanol–water partition coefficient (Wildman–Crippen LogP) is 1.30. The highest BCUT2D eigenvalue weighted by molar-refractivity contribution is 5.66. The molecule has 64 valence electrons. The molecular weight excluding hydrogens is 163 g/mol. The lowest BCUT2D eigenvalue weighted by atomic mass is 10.0. The summed E-state index contributed by atoms with van der Waals surface area (Å²) in [7, 11) is 0. The molecule has 0 aliphatic carbocycles. The fourth-order valence-electron chi connectivity index (χ4n) is 0.957. The van der Waals surface area contributed by atoms with Crippen molar-refractivity contribution in [1.82, 2.24) is 4.90 Å². The highest BCUT2D eigenvalue weighted by Crippen LogP contribution is 2.33. The van der Waals surface area contributed by atoms with Gasteiger partial charge in [-0.15, -0.1) is 0 Å². The topological polar surface area (TPSA) is 40.5 Å². The molecule has 0 radical (unpaired) electrons. The minimum Gasteiger partial charge on any atom is -0.465 e. The van der Waals surface area contributed by atoms with Gasteiger partial charge in [-0.25, -0.2) is 4.79 Å². The molecule has 1 aliphatic heterocycles. The van der Waals surface area contributed by atoms with Gasteiger partial charge in [-0.1, -0.05) is 0 Å². The van der Waals surface area contributed by atoms with Gasteiger partial charge in [0.05, 0.1) is 0 Å². The molecule has 1 atom stereocenters. The van der Waals surface area contributed by atoms with E-state index in [9.17, 15) is 18.0 Å². The second kappa shape index (κ2) is 2.28. The van der Waals surface area contributed by atoms with E-state index in [-0.39, 0.29) is 13.0 Å². The number of carbonyl (C=O) groups is 1. The molecule has 0 aromatic rings. The summed E-state index contributed by atoms with van der Waals surface area (Å²) in [6.45, 7) is -0.0144. The van der Waals surface area contributed by atoms with Gasteiger partial charge in [-0.3, -0.25) is 4.90 Å². The van der Waals surface area contributed by atoms with Gasteiger partial charge in [0.15, 0.2) is 0 Å². The van der Waals surface area contributed by atoms with Crippen LogP contribution in [0.1, 0.15) is 6.42 Å². The first kappa shape index (κ1) is 8.16. The third-order valence-corrected chi connectivity index (χ3v) is 1.64. The quantitative estimate of drug-likeness (QED) is 0.593. The molecule has 1 fully saturated rings. The van der Waals surface area contributed by atoms with Crippen LogP contribution in [-0.4, -0.2) is 34.9 Å². The van der Waals surface area contributed by atoms with Crippen LogP contribution in [0.5, 0.6) is 0 Å². The van der Waals surface area contributed by atoms with E-state index in [4.69, 9.17) is 5.11 Å². The summed E-state index contributed by atoms with van der Waals surface area (Å²) in [5.74, 6) is 0. The lowest BCUT2D eigenvalue weighted by Crippen LogP contribution is -2.57. The maximum absolute atomic E-state index is 11.8. The predicted molar refractivity (Wildman–Crippen MR) is 29.2 cm³/mol. The highest BCUT2D eigenvalue weighted by Gasteiger charge is 2.50. The third-order valence-electron chi connectivity index (χ3n) is 1.64. The molecule has 0 saturated carbocycles. The lowest BCUT2D eigenvalue weighted by molar-refractivity contribution is -0.201. The Balaban J connectivity index is 2.57. The second-order valence-electron chi connectivity index (χ2n) is 2.32. The van der Waals surface area contributed by atoms with Gasteiger partial charge in [-0.05, 0) is 6.42 Å². The van der Waals surface area contributed by atoms with Gasteiger partial charge in [0.25, 0.3) is 0 Å². The van der Waals surface area contributed by atoms with E-state index in [1.54, 1.807) is 0 Å². The summed E-state index contributed by atoms with van der Waals surface area (Å²) in [5.41, 5.74) is 0. The minimum absolute atomic E-state index is 0.0144. The van der Waals surface area contributed by atoms with Gasteiger partial charge in [-0.2, -0.15) is 13.2 Å². The fraction of sp³-hybridized carbons (Fsp3) is 0.800. The summed E-state index contributed by atoms with van der Waals surface area (Å²) >= 11 is 0. The van der Waals surface area contributed by atoms with E-state index >= 15 is 0 Å². The zero-order valence-corrected chi connectivity index (χ0v) is 5.43. The molecule has 1 heterocycles. The van der Waals surface area contributed by atoms with Crippen LogP contribution < -0.4 is 0 Å². The molecule has 11 heavy (non-hydrogen) atoms. The van der Waals surface area contributed by atoms with Crippen molar-refractivity contribution in [2.24, 2.45) is 0 Å². The van der Waals surface area contributed by atoms with Crippen LogP contribution in [0.3, 0.4) is 0 Å². The van der Waals surface area contributed by atoms with E-state index in [0.29, 0.717) is 4.90 Å². The van der Waals surface area contributed by atoms with E-state index < -0.39 is 18.3 Å². The first-order chi connectivity index (χ1) is 4.93. The van der Waals surface area contributed by atoms with Gasteiger partial charge in [0.2, 0.25) is 0 Å². The SMILES string of the molecule is O=C(O)N1CCC1C(F)(F)F. The highest BCUT2D eigenvalue weighted by atomic mass is 19.4. The Labute approximate surface area is 60.4 Å². The van der Waals surface area contributed by atoms with E-state index in [0.717, 1.165) is 0 Å². The average molecular weight is 169 g/mol. The first-order valence-electron chi connectivity index (χ1n) is 2.99. The van der Waals surface area contributed by atoms with Crippen LogP contribution in [0.4, 0.5) is 18.0 Å². The number of carboxylic acid groups (broad SMARTS) is 1. The van der Waals surface area contributed by atoms with Gasteiger partial charge in [0, 0.05) is 6.54 Å². The molecule has 0 spiro atoms. The number of halogens is 3. The van der Waals surface area contributed by atoms with Gasteiger partial charge >= 0.3 is 12.3 Å². The maximum atomic E-state index is 11.8. The summed E-state index contributed by atoms with van der Waals surface area (Å²) < 4.78 is 35.4. The third kappa shape index (κ3) is 1.38. The number of nitrogens with zero attached hydrogens (tertiary/aromatic N) is 1. The Kier molecular flexibility index (Phi) is 1.69. The average Bonchev–Trinajstić information content (AvgIpc) is 1.51. The van der Waals surface area contributed by atoms with Crippen LogP contribution in [0, 0.1) is 0 Å². The zero-order valence-electron chi connectivity index (χ0n) is 5.43. The van der Waals surface area contributed by atoms with Crippen molar-refractivity contribution in [2.45, 2.75) is 18.6 Å². The first-order valence-corrected chi connectivity index (χ1v) is 2.99. The smallest absolute Gasteiger partial charge is 0.409 e. The Morgan fingerprint density at radius 2 is 2.09 bits per heavy atom. The van der Waals surface area contributed by atoms with E-state index in [1.165, 1.54) is 0 Å². The molecule has 1 rings (SSSR count). The molecule has 0 aromatic carbocycles. The van der Waals surface area contributed by atoms with Crippen molar-refractivity contribution in [2.75, 3.05) is 6.54 Å².